The van der Waals surface area contributed by atoms with Gasteiger partial charge >= 0.3 is 0 Å². The van der Waals surface area contributed by atoms with E-state index in [1.807, 2.05) is 43.3 Å². The third-order valence-corrected chi connectivity index (χ3v) is 6.73. The van der Waals surface area contributed by atoms with Crippen LogP contribution < -0.4 is 10.6 Å². The monoisotopic (exact) mass is 434 g/mol. The van der Waals surface area contributed by atoms with Crippen LogP contribution in [0.3, 0.4) is 0 Å². The number of hydrogen-bond acceptors (Lipinski definition) is 2. The lowest BCUT2D eigenvalue weighted by molar-refractivity contribution is -0.131. The lowest BCUT2D eigenvalue weighted by atomic mass is 9.59. The Hall–Kier alpha value is -3.18. The number of carbonyl (C=O) groups excluding carboxylic acids is 2. The van der Waals surface area contributed by atoms with E-state index in [2.05, 4.69) is 10.6 Å². The van der Waals surface area contributed by atoms with Gasteiger partial charge in [-0.05, 0) is 59.5 Å². The quantitative estimate of drug-likeness (QED) is 0.594. The molecule has 3 atom stereocenters. The molecule has 3 unspecified atom stereocenters. The highest BCUT2D eigenvalue weighted by Crippen LogP contribution is 2.57. The van der Waals surface area contributed by atoms with E-state index >= 15 is 0 Å². The van der Waals surface area contributed by atoms with Crippen LogP contribution in [0.5, 0.6) is 0 Å². The first-order valence-electron chi connectivity index (χ1n) is 10.1. The van der Waals surface area contributed by atoms with Crippen LogP contribution in [0.15, 0.2) is 66.7 Å². The first-order chi connectivity index (χ1) is 14.9. The maximum absolute atomic E-state index is 14.3. The molecule has 1 spiro atoms. The molecule has 0 aliphatic carbocycles. The Morgan fingerprint density at radius 1 is 1.03 bits per heavy atom. The number of carbonyl (C=O) groups is 2. The molecule has 156 valence electrons. The smallest absolute Gasteiger partial charge is 0.238 e. The largest absolute Gasteiger partial charge is 0.348 e. The Balaban J connectivity index is 1.83. The van der Waals surface area contributed by atoms with Gasteiger partial charge in [0.2, 0.25) is 11.8 Å². The van der Waals surface area contributed by atoms with Gasteiger partial charge in [-0.3, -0.25) is 9.59 Å². The van der Waals surface area contributed by atoms with Crippen molar-refractivity contribution in [2.45, 2.75) is 30.7 Å². The van der Waals surface area contributed by atoms with Crippen LogP contribution >= 0.6 is 11.6 Å². The topological polar surface area (TPSA) is 58.2 Å². The van der Waals surface area contributed by atoms with Crippen molar-refractivity contribution in [2.24, 2.45) is 0 Å². The summed E-state index contributed by atoms with van der Waals surface area (Å²) in [6.45, 7) is 1.86. The number of rotatable bonds is 2. The lowest BCUT2D eigenvalue weighted by Gasteiger charge is -2.46. The third-order valence-electron chi connectivity index (χ3n) is 6.50. The maximum atomic E-state index is 14.3. The van der Waals surface area contributed by atoms with Crippen LogP contribution in [0, 0.1) is 12.7 Å². The van der Waals surface area contributed by atoms with Crippen LogP contribution in [-0.2, 0) is 15.0 Å². The van der Waals surface area contributed by atoms with E-state index in [0.29, 0.717) is 16.3 Å². The lowest BCUT2D eigenvalue weighted by Crippen LogP contribution is -2.57. The Bertz CT molecular complexity index is 1230. The average Bonchev–Trinajstić information content (AvgIpc) is 3.04. The number of para-hydroxylation sites is 1. The van der Waals surface area contributed by atoms with Gasteiger partial charge < -0.3 is 10.6 Å². The van der Waals surface area contributed by atoms with Crippen LogP contribution in [0.4, 0.5) is 10.1 Å². The number of aryl methyl sites for hydroxylation is 1. The zero-order chi connectivity index (χ0) is 21.8. The van der Waals surface area contributed by atoms with Gasteiger partial charge in [-0.25, -0.2) is 4.39 Å². The van der Waals surface area contributed by atoms with Crippen molar-refractivity contribution in [2.75, 3.05) is 5.32 Å². The molecule has 31 heavy (non-hydrogen) atoms. The van der Waals surface area contributed by atoms with E-state index in [9.17, 15) is 14.0 Å². The minimum absolute atomic E-state index is 0.118. The van der Waals surface area contributed by atoms with Gasteiger partial charge in [0.05, 0.1) is 6.04 Å². The highest BCUT2D eigenvalue weighted by atomic mass is 35.5. The molecule has 2 aliphatic heterocycles. The summed E-state index contributed by atoms with van der Waals surface area (Å²) < 4.78 is 14.3. The number of nitrogens with one attached hydrogen (secondary N) is 2. The standard InChI is InChI=1S/C25H20ClFN2O2/c1-14-9-10-17(27)12-18(14)23-25(19-7-2-3-8-21(19)28-24(25)31)20(13-22(30)29-23)15-5-4-6-16(26)11-15/h2-12,20,23H,13H2,1H3,(H,28,31)(H,29,30). The van der Waals surface area contributed by atoms with Crippen molar-refractivity contribution in [3.05, 3.63) is 99.8 Å². The van der Waals surface area contributed by atoms with Crippen molar-refractivity contribution >= 4 is 29.1 Å². The predicted molar refractivity (Wildman–Crippen MR) is 118 cm³/mol. The van der Waals surface area contributed by atoms with E-state index in [1.165, 1.54) is 12.1 Å². The van der Waals surface area contributed by atoms with E-state index < -0.39 is 23.2 Å². The summed E-state index contributed by atoms with van der Waals surface area (Å²) in [6.07, 6.45) is 0.118. The van der Waals surface area contributed by atoms with Crippen LogP contribution in [0.25, 0.3) is 0 Å². The molecule has 5 rings (SSSR count). The number of hydrogen-bond donors (Lipinski definition) is 2. The zero-order valence-corrected chi connectivity index (χ0v) is 17.5. The molecule has 0 saturated carbocycles. The van der Waals surface area contributed by atoms with Crippen molar-refractivity contribution in [3.63, 3.8) is 0 Å². The van der Waals surface area contributed by atoms with Crippen LogP contribution in [0.1, 0.15) is 40.6 Å². The molecular weight excluding hydrogens is 415 g/mol. The second kappa shape index (κ2) is 7.20. The number of amides is 2. The molecule has 2 heterocycles. The fraction of sp³-hybridized carbons (Fsp3) is 0.200. The molecule has 2 N–H and O–H groups in total. The summed E-state index contributed by atoms with van der Waals surface area (Å²) in [5, 5.41) is 6.56. The fourth-order valence-corrected chi connectivity index (χ4v) is 5.36. The highest BCUT2D eigenvalue weighted by molar-refractivity contribution is 6.30. The summed E-state index contributed by atoms with van der Waals surface area (Å²) >= 11 is 6.28. The molecule has 0 bridgehead atoms. The molecule has 2 amide bonds. The number of halogens is 2. The van der Waals surface area contributed by atoms with Crippen LogP contribution in [0.2, 0.25) is 5.02 Å². The Labute approximate surface area is 184 Å². The Morgan fingerprint density at radius 2 is 1.84 bits per heavy atom. The molecule has 1 fully saturated rings. The van der Waals surface area contributed by atoms with E-state index in [4.69, 9.17) is 11.6 Å². The SMILES string of the molecule is Cc1ccc(F)cc1C1NC(=O)CC(c2cccc(Cl)c2)C12C(=O)Nc1ccccc12. The van der Waals surface area contributed by atoms with Gasteiger partial charge in [0.25, 0.3) is 0 Å². The molecule has 1 saturated heterocycles. The zero-order valence-electron chi connectivity index (χ0n) is 16.8. The van der Waals surface area contributed by atoms with E-state index in [1.54, 1.807) is 18.2 Å². The van der Waals surface area contributed by atoms with Crippen LogP contribution in [-0.4, -0.2) is 11.8 Å². The normalized spacial score (nSPS) is 24.6. The third kappa shape index (κ3) is 2.95. The van der Waals surface area contributed by atoms with Gasteiger partial charge in [0.1, 0.15) is 11.2 Å². The first-order valence-corrected chi connectivity index (χ1v) is 10.5. The number of anilines is 1. The minimum Gasteiger partial charge on any atom is -0.348 e. The van der Waals surface area contributed by atoms with E-state index in [0.717, 1.165) is 16.7 Å². The highest BCUT2D eigenvalue weighted by Gasteiger charge is 2.61. The maximum Gasteiger partial charge on any atom is 0.238 e. The second-order valence-corrected chi connectivity index (χ2v) is 8.62. The van der Waals surface area contributed by atoms with Gasteiger partial charge in [-0.15, -0.1) is 0 Å². The molecule has 6 heteroatoms. The summed E-state index contributed by atoms with van der Waals surface area (Å²) in [4.78, 5) is 26.7. The van der Waals surface area contributed by atoms with Crippen molar-refractivity contribution in [1.82, 2.24) is 5.32 Å². The molecule has 0 aromatic heterocycles. The average molecular weight is 435 g/mol. The number of benzene rings is 3. The molecule has 0 radical (unpaired) electrons. The van der Waals surface area contributed by atoms with Gasteiger partial charge in [-0.1, -0.05) is 48.0 Å². The molecule has 2 aliphatic rings. The van der Waals surface area contributed by atoms with E-state index in [-0.39, 0.29) is 18.2 Å². The molecule has 3 aromatic carbocycles. The summed E-state index contributed by atoms with van der Waals surface area (Å²) in [7, 11) is 0. The number of piperidine rings is 1. The van der Waals surface area contributed by atoms with Gasteiger partial charge in [0, 0.05) is 23.0 Å². The first kappa shape index (κ1) is 19.8. The Kier molecular flexibility index (Phi) is 4.59. The summed E-state index contributed by atoms with van der Waals surface area (Å²) in [5.74, 6) is -1.30. The molecule has 4 nitrogen and oxygen atoms in total. The van der Waals surface area contributed by atoms with Gasteiger partial charge in [0.15, 0.2) is 0 Å². The molecular formula is C25H20ClFN2O2. The summed E-state index contributed by atoms with van der Waals surface area (Å²) in [5.41, 5.74) is 2.54. The van der Waals surface area contributed by atoms with Crippen molar-refractivity contribution in [1.29, 1.82) is 0 Å². The van der Waals surface area contributed by atoms with Crippen molar-refractivity contribution < 1.29 is 14.0 Å². The Morgan fingerprint density at radius 3 is 2.65 bits per heavy atom. The molecule has 3 aromatic rings. The minimum atomic E-state index is -1.15. The second-order valence-electron chi connectivity index (χ2n) is 8.18. The van der Waals surface area contributed by atoms with Gasteiger partial charge in [-0.2, -0.15) is 0 Å². The van der Waals surface area contributed by atoms with Crippen molar-refractivity contribution in [3.8, 4) is 0 Å². The number of fused-ring (bicyclic) bond motifs is 2. The fourth-order valence-electron chi connectivity index (χ4n) is 5.16. The summed E-state index contributed by atoms with van der Waals surface area (Å²) in [6, 6.07) is 18.5. The predicted octanol–water partition coefficient (Wildman–Crippen LogP) is 5.02.